The van der Waals surface area contributed by atoms with Crippen molar-refractivity contribution in [1.82, 2.24) is 19.8 Å². The monoisotopic (exact) mass is 282 g/mol. The Morgan fingerprint density at radius 3 is 2.94 bits per heavy atom. The van der Waals surface area contributed by atoms with Crippen molar-refractivity contribution in [3.63, 3.8) is 0 Å². The van der Waals surface area contributed by atoms with Gasteiger partial charge in [0.05, 0.1) is 17.9 Å². The molecule has 1 unspecified atom stereocenters. The number of hydrogen-bond acceptors (Lipinski definition) is 7. The lowest BCUT2D eigenvalue weighted by molar-refractivity contribution is 0.485. The van der Waals surface area contributed by atoms with Crippen molar-refractivity contribution in [2.24, 2.45) is 11.7 Å². The third-order valence-electron chi connectivity index (χ3n) is 2.31. The van der Waals surface area contributed by atoms with Crippen LogP contribution in [0.1, 0.15) is 32.1 Å². The Kier molecular flexibility index (Phi) is 4.16. The average Bonchev–Trinajstić information content (AvgIpc) is 2.83. The van der Waals surface area contributed by atoms with Crippen molar-refractivity contribution in [2.45, 2.75) is 30.6 Å². The number of aromatic nitrogens is 4. The van der Waals surface area contributed by atoms with E-state index in [2.05, 4.69) is 35.2 Å². The van der Waals surface area contributed by atoms with Crippen LogP contribution in [0, 0.1) is 17.2 Å². The van der Waals surface area contributed by atoms with E-state index in [4.69, 9.17) is 11.0 Å². The topological polar surface area (TPSA) is 92.9 Å². The minimum atomic E-state index is -0.157. The number of thioether (sulfide) groups is 1. The van der Waals surface area contributed by atoms with Gasteiger partial charge in [0.15, 0.2) is 10.2 Å². The Morgan fingerprint density at radius 1 is 1.50 bits per heavy atom. The van der Waals surface area contributed by atoms with Crippen LogP contribution < -0.4 is 5.73 Å². The SMILES string of the molecule is CC(C)CC(N)c1nnc2sc(SCC#N)nn12. The lowest BCUT2D eigenvalue weighted by Crippen LogP contribution is -2.16. The standard InChI is InChI=1S/C10H14N6S2/c1-6(2)5-7(12)8-13-14-9-16(8)15-10(18-9)17-4-3-11/h6-7H,4-5,12H2,1-2H3. The molecule has 2 aromatic rings. The Balaban J connectivity index is 2.24. The van der Waals surface area contributed by atoms with Crippen LogP contribution in [-0.2, 0) is 0 Å². The van der Waals surface area contributed by atoms with Crippen LogP contribution >= 0.6 is 23.1 Å². The first-order valence-corrected chi connectivity index (χ1v) is 7.39. The zero-order valence-electron chi connectivity index (χ0n) is 10.2. The van der Waals surface area contributed by atoms with Crippen LogP contribution in [0.15, 0.2) is 4.34 Å². The molecule has 0 aliphatic heterocycles. The molecular weight excluding hydrogens is 268 g/mol. The molecular formula is C10H14N6S2. The predicted molar refractivity (Wildman–Crippen MR) is 71.4 cm³/mol. The van der Waals surface area contributed by atoms with Gasteiger partial charge < -0.3 is 5.73 Å². The van der Waals surface area contributed by atoms with Crippen molar-refractivity contribution < 1.29 is 0 Å². The molecule has 0 aliphatic rings. The van der Waals surface area contributed by atoms with E-state index in [-0.39, 0.29) is 6.04 Å². The summed E-state index contributed by atoms with van der Waals surface area (Å²) in [6.07, 6.45) is 0.846. The molecule has 0 fully saturated rings. The second-order valence-electron chi connectivity index (χ2n) is 4.30. The largest absolute Gasteiger partial charge is 0.321 e. The van der Waals surface area contributed by atoms with Gasteiger partial charge in [-0.15, -0.1) is 15.3 Å². The molecule has 0 saturated heterocycles. The Morgan fingerprint density at radius 2 is 2.28 bits per heavy atom. The molecule has 0 bridgehead atoms. The van der Waals surface area contributed by atoms with Crippen molar-refractivity contribution in [3.8, 4) is 6.07 Å². The van der Waals surface area contributed by atoms with Crippen molar-refractivity contribution >= 4 is 28.1 Å². The Hall–Kier alpha value is -1.17. The van der Waals surface area contributed by atoms with Gasteiger partial charge >= 0.3 is 0 Å². The summed E-state index contributed by atoms with van der Waals surface area (Å²) in [7, 11) is 0. The first-order chi connectivity index (χ1) is 8.61. The molecule has 2 heterocycles. The number of nitriles is 1. The van der Waals surface area contributed by atoms with Crippen molar-refractivity contribution in [2.75, 3.05) is 5.75 Å². The van der Waals surface area contributed by atoms with Gasteiger partial charge in [0.1, 0.15) is 0 Å². The van der Waals surface area contributed by atoms with Crippen LogP contribution in [0.25, 0.3) is 4.96 Å². The van der Waals surface area contributed by atoms with Gasteiger partial charge in [-0.2, -0.15) is 9.78 Å². The van der Waals surface area contributed by atoms with E-state index in [1.807, 2.05) is 0 Å². The third kappa shape index (κ3) is 2.80. The van der Waals surface area contributed by atoms with E-state index in [0.29, 0.717) is 17.5 Å². The lowest BCUT2D eigenvalue weighted by atomic mass is 10.0. The quantitative estimate of drug-likeness (QED) is 0.841. The van der Waals surface area contributed by atoms with E-state index in [1.54, 1.807) is 4.52 Å². The second-order valence-corrected chi connectivity index (χ2v) is 6.48. The fraction of sp³-hybridized carbons (Fsp3) is 0.600. The summed E-state index contributed by atoms with van der Waals surface area (Å²) in [6.45, 7) is 4.24. The smallest absolute Gasteiger partial charge is 0.235 e. The lowest BCUT2D eigenvalue weighted by Gasteiger charge is -2.10. The number of nitrogens with zero attached hydrogens (tertiary/aromatic N) is 5. The molecule has 0 saturated carbocycles. The van der Waals surface area contributed by atoms with Crippen molar-refractivity contribution in [1.29, 1.82) is 5.26 Å². The summed E-state index contributed by atoms with van der Waals surface area (Å²) in [5.74, 6) is 1.58. The number of rotatable bonds is 5. The highest BCUT2D eigenvalue weighted by Gasteiger charge is 2.18. The van der Waals surface area contributed by atoms with E-state index in [1.165, 1.54) is 23.1 Å². The number of nitrogens with two attached hydrogens (primary N) is 1. The first kappa shape index (κ1) is 13.3. The van der Waals surface area contributed by atoms with Gasteiger partial charge in [-0.3, -0.25) is 0 Å². The summed E-state index contributed by atoms with van der Waals surface area (Å²) < 4.78 is 2.51. The van der Waals surface area contributed by atoms with Gasteiger partial charge in [0, 0.05) is 0 Å². The zero-order chi connectivity index (χ0) is 13.1. The minimum absolute atomic E-state index is 0.157. The molecule has 8 heteroatoms. The maximum absolute atomic E-state index is 8.55. The molecule has 2 rings (SSSR count). The highest BCUT2D eigenvalue weighted by molar-refractivity contribution is 8.01. The van der Waals surface area contributed by atoms with Crippen LogP contribution in [-0.4, -0.2) is 25.6 Å². The van der Waals surface area contributed by atoms with E-state index < -0.39 is 0 Å². The highest BCUT2D eigenvalue weighted by atomic mass is 32.2. The van der Waals surface area contributed by atoms with Gasteiger partial charge in [-0.1, -0.05) is 36.9 Å². The molecule has 2 N–H and O–H groups in total. The molecule has 0 aromatic carbocycles. The maximum Gasteiger partial charge on any atom is 0.235 e. The van der Waals surface area contributed by atoms with E-state index in [0.717, 1.165) is 15.7 Å². The number of fused-ring (bicyclic) bond motifs is 1. The second kappa shape index (κ2) is 5.65. The molecule has 18 heavy (non-hydrogen) atoms. The molecule has 1 atom stereocenters. The van der Waals surface area contributed by atoms with Gasteiger partial charge in [0.2, 0.25) is 4.96 Å². The summed E-state index contributed by atoms with van der Waals surface area (Å²) in [4.78, 5) is 0.727. The number of hydrogen-bond donors (Lipinski definition) is 1. The Bertz CT molecular complexity index is 566. The van der Waals surface area contributed by atoms with Crippen LogP contribution in [0.2, 0.25) is 0 Å². The highest BCUT2D eigenvalue weighted by Crippen LogP contribution is 2.26. The summed E-state index contributed by atoms with van der Waals surface area (Å²) >= 11 is 2.83. The molecule has 96 valence electrons. The van der Waals surface area contributed by atoms with E-state index >= 15 is 0 Å². The fourth-order valence-corrected chi connectivity index (χ4v) is 3.16. The molecule has 6 nitrogen and oxygen atoms in total. The minimum Gasteiger partial charge on any atom is -0.321 e. The van der Waals surface area contributed by atoms with Crippen molar-refractivity contribution in [3.05, 3.63) is 5.82 Å². The summed E-state index contributed by atoms with van der Waals surface area (Å²) in [5.41, 5.74) is 6.10. The summed E-state index contributed by atoms with van der Waals surface area (Å²) in [5, 5.41) is 21.1. The van der Waals surface area contributed by atoms with Crippen LogP contribution in [0.4, 0.5) is 0 Å². The summed E-state index contributed by atoms with van der Waals surface area (Å²) in [6, 6.07) is 1.92. The molecule has 2 aromatic heterocycles. The molecule has 0 radical (unpaired) electrons. The fourth-order valence-electron chi connectivity index (χ4n) is 1.61. The molecule has 0 amide bonds. The van der Waals surface area contributed by atoms with Gasteiger partial charge in [-0.25, -0.2) is 0 Å². The maximum atomic E-state index is 8.55. The van der Waals surface area contributed by atoms with Crippen LogP contribution in [0.3, 0.4) is 0 Å². The zero-order valence-corrected chi connectivity index (χ0v) is 11.8. The Labute approximate surface area is 113 Å². The third-order valence-corrected chi connectivity index (χ3v) is 4.21. The van der Waals surface area contributed by atoms with Gasteiger partial charge in [0.25, 0.3) is 0 Å². The normalized spacial score (nSPS) is 13.1. The average molecular weight is 282 g/mol. The van der Waals surface area contributed by atoms with Gasteiger partial charge in [-0.05, 0) is 12.3 Å². The molecule has 0 spiro atoms. The first-order valence-electron chi connectivity index (χ1n) is 5.59. The predicted octanol–water partition coefficient (Wildman–Crippen LogP) is 1.85. The molecule has 0 aliphatic carbocycles. The van der Waals surface area contributed by atoms with E-state index in [9.17, 15) is 0 Å². The van der Waals surface area contributed by atoms with Crippen LogP contribution in [0.5, 0.6) is 0 Å².